The van der Waals surface area contributed by atoms with Crippen molar-refractivity contribution in [2.75, 3.05) is 19.0 Å². The molecule has 78 valence electrons. The van der Waals surface area contributed by atoms with E-state index in [0.717, 1.165) is 5.69 Å². The third kappa shape index (κ3) is 2.89. The fraction of sp³-hybridized carbons (Fsp3) is 0.222. The van der Waals surface area contributed by atoms with Gasteiger partial charge in [0, 0.05) is 24.3 Å². The van der Waals surface area contributed by atoms with Gasteiger partial charge in [0.05, 0.1) is 5.56 Å². The van der Waals surface area contributed by atoms with Crippen LogP contribution in [0.3, 0.4) is 0 Å². The molecule has 0 amide bonds. The molecule has 0 atom stereocenters. The highest BCUT2D eigenvalue weighted by Gasteiger charge is 2.09. The molecular weight excluding hydrogens is 269 g/mol. The number of carbonyl (C=O) groups is 1. The first-order valence-electron chi connectivity index (χ1n) is 3.72. The van der Waals surface area contributed by atoms with E-state index in [1.165, 1.54) is 0 Å². The first-order chi connectivity index (χ1) is 6.02. The Kier molecular flexibility index (Phi) is 4.94. The van der Waals surface area contributed by atoms with Gasteiger partial charge < -0.3 is 10.0 Å². The molecule has 0 radical (unpaired) electrons. The largest absolute Gasteiger partial charge is 0.478 e. The fourth-order valence-corrected chi connectivity index (χ4v) is 1.37. The first kappa shape index (κ1) is 13.3. The van der Waals surface area contributed by atoms with Crippen LogP contribution in [-0.2, 0) is 0 Å². The van der Waals surface area contributed by atoms with Gasteiger partial charge in [0.15, 0.2) is 0 Å². The van der Waals surface area contributed by atoms with Gasteiger partial charge in [0.25, 0.3) is 0 Å². The van der Waals surface area contributed by atoms with Crippen molar-refractivity contribution in [2.24, 2.45) is 0 Å². The normalized spacial score (nSPS) is 9.07. The maximum atomic E-state index is 10.7. The van der Waals surface area contributed by atoms with Crippen LogP contribution in [0.2, 0.25) is 0 Å². The van der Waals surface area contributed by atoms with Crippen molar-refractivity contribution in [3.8, 4) is 0 Å². The molecule has 0 aliphatic carbocycles. The van der Waals surface area contributed by atoms with Crippen LogP contribution >= 0.6 is 28.3 Å². The summed E-state index contributed by atoms with van der Waals surface area (Å²) in [6.07, 6.45) is 0. The maximum absolute atomic E-state index is 10.7. The summed E-state index contributed by atoms with van der Waals surface area (Å²) in [7, 11) is 3.74. The topological polar surface area (TPSA) is 40.5 Å². The zero-order chi connectivity index (χ0) is 10.0. The summed E-state index contributed by atoms with van der Waals surface area (Å²) < 4.78 is 0.602. The van der Waals surface area contributed by atoms with Gasteiger partial charge in [0.1, 0.15) is 0 Å². The molecular formula is C9H11BrClNO2. The predicted molar refractivity (Wildman–Crippen MR) is 62.7 cm³/mol. The number of benzene rings is 1. The van der Waals surface area contributed by atoms with Crippen LogP contribution in [0.5, 0.6) is 0 Å². The second-order valence-electron chi connectivity index (χ2n) is 2.86. The number of halogens is 2. The molecule has 0 bridgehead atoms. The Bertz CT molecular complexity index is 342. The molecule has 1 aromatic carbocycles. The smallest absolute Gasteiger partial charge is 0.336 e. The van der Waals surface area contributed by atoms with Crippen molar-refractivity contribution < 1.29 is 9.90 Å². The minimum Gasteiger partial charge on any atom is -0.478 e. The van der Waals surface area contributed by atoms with Gasteiger partial charge in [-0.25, -0.2) is 4.79 Å². The number of hydrogen-bond acceptors (Lipinski definition) is 2. The van der Waals surface area contributed by atoms with Gasteiger partial charge in [-0.2, -0.15) is 0 Å². The second kappa shape index (κ2) is 5.22. The van der Waals surface area contributed by atoms with Crippen molar-refractivity contribution in [2.45, 2.75) is 0 Å². The SMILES string of the molecule is CN(C)c1ccc(Br)c(C(=O)O)c1.Cl. The predicted octanol–water partition coefficient (Wildman–Crippen LogP) is 2.64. The zero-order valence-corrected chi connectivity index (χ0v) is 10.2. The van der Waals surface area contributed by atoms with Crippen LogP contribution < -0.4 is 4.90 Å². The molecule has 0 aliphatic rings. The lowest BCUT2D eigenvalue weighted by atomic mass is 10.2. The number of aromatic carboxylic acids is 1. The Balaban J connectivity index is 0.00000169. The Morgan fingerprint density at radius 3 is 2.43 bits per heavy atom. The van der Waals surface area contributed by atoms with Crippen LogP contribution in [0.4, 0.5) is 5.69 Å². The van der Waals surface area contributed by atoms with Crippen LogP contribution in [0.15, 0.2) is 22.7 Å². The van der Waals surface area contributed by atoms with E-state index in [4.69, 9.17) is 5.11 Å². The molecule has 0 aromatic heterocycles. The lowest BCUT2D eigenvalue weighted by Gasteiger charge is -2.13. The fourth-order valence-electron chi connectivity index (χ4n) is 0.955. The average Bonchev–Trinajstić information content (AvgIpc) is 2.04. The highest BCUT2D eigenvalue weighted by molar-refractivity contribution is 9.10. The number of nitrogens with zero attached hydrogens (tertiary/aromatic N) is 1. The Labute approximate surface area is 97.3 Å². The lowest BCUT2D eigenvalue weighted by Crippen LogP contribution is -2.10. The van der Waals surface area contributed by atoms with E-state index < -0.39 is 5.97 Å². The molecule has 0 unspecified atom stereocenters. The van der Waals surface area contributed by atoms with Crippen molar-refractivity contribution in [3.05, 3.63) is 28.2 Å². The molecule has 0 heterocycles. The van der Waals surface area contributed by atoms with E-state index in [9.17, 15) is 4.79 Å². The summed E-state index contributed by atoms with van der Waals surface area (Å²) in [6, 6.07) is 5.22. The van der Waals surface area contributed by atoms with Gasteiger partial charge in [-0.15, -0.1) is 12.4 Å². The molecule has 0 saturated heterocycles. The molecule has 0 saturated carbocycles. The van der Waals surface area contributed by atoms with Crippen molar-refractivity contribution in [3.63, 3.8) is 0 Å². The van der Waals surface area contributed by atoms with Crippen molar-refractivity contribution in [1.82, 2.24) is 0 Å². The Morgan fingerprint density at radius 2 is 2.00 bits per heavy atom. The highest BCUT2D eigenvalue weighted by Crippen LogP contribution is 2.22. The van der Waals surface area contributed by atoms with Gasteiger partial charge in [-0.3, -0.25) is 0 Å². The molecule has 3 nitrogen and oxygen atoms in total. The van der Waals surface area contributed by atoms with E-state index >= 15 is 0 Å². The quantitative estimate of drug-likeness (QED) is 0.905. The van der Waals surface area contributed by atoms with Gasteiger partial charge >= 0.3 is 5.97 Å². The van der Waals surface area contributed by atoms with Crippen LogP contribution in [0, 0.1) is 0 Å². The number of carboxylic acids is 1. The van der Waals surface area contributed by atoms with Gasteiger partial charge in [-0.1, -0.05) is 0 Å². The van der Waals surface area contributed by atoms with Crippen LogP contribution in [0.1, 0.15) is 10.4 Å². The number of carboxylic acid groups (broad SMARTS) is 1. The van der Waals surface area contributed by atoms with Crippen molar-refractivity contribution >= 4 is 40.0 Å². The summed E-state index contributed by atoms with van der Waals surface area (Å²) in [5.41, 5.74) is 1.16. The summed E-state index contributed by atoms with van der Waals surface area (Å²) in [6.45, 7) is 0. The van der Waals surface area contributed by atoms with E-state index in [1.54, 1.807) is 12.1 Å². The molecule has 0 fully saturated rings. The van der Waals surface area contributed by atoms with E-state index in [0.29, 0.717) is 4.47 Å². The third-order valence-electron chi connectivity index (χ3n) is 1.70. The molecule has 5 heteroatoms. The third-order valence-corrected chi connectivity index (χ3v) is 2.39. The van der Waals surface area contributed by atoms with E-state index in [-0.39, 0.29) is 18.0 Å². The average molecular weight is 281 g/mol. The summed E-state index contributed by atoms with van der Waals surface area (Å²) >= 11 is 3.18. The van der Waals surface area contributed by atoms with Gasteiger partial charge in [0.2, 0.25) is 0 Å². The number of rotatable bonds is 2. The molecule has 1 aromatic rings. The Morgan fingerprint density at radius 1 is 1.43 bits per heavy atom. The summed E-state index contributed by atoms with van der Waals surface area (Å²) in [5.74, 6) is -0.921. The van der Waals surface area contributed by atoms with Crippen LogP contribution in [-0.4, -0.2) is 25.2 Å². The Hall–Kier alpha value is -0.740. The minimum atomic E-state index is -0.921. The summed E-state index contributed by atoms with van der Waals surface area (Å²) in [5, 5.41) is 8.82. The zero-order valence-electron chi connectivity index (χ0n) is 7.82. The summed E-state index contributed by atoms with van der Waals surface area (Å²) in [4.78, 5) is 12.6. The number of hydrogen-bond donors (Lipinski definition) is 1. The maximum Gasteiger partial charge on any atom is 0.336 e. The number of anilines is 1. The highest BCUT2D eigenvalue weighted by atomic mass is 79.9. The minimum absolute atomic E-state index is 0. The van der Waals surface area contributed by atoms with Crippen LogP contribution in [0.25, 0.3) is 0 Å². The van der Waals surface area contributed by atoms with Crippen molar-refractivity contribution in [1.29, 1.82) is 0 Å². The molecule has 14 heavy (non-hydrogen) atoms. The molecule has 1 rings (SSSR count). The van der Waals surface area contributed by atoms with E-state index in [1.807, 2.05) is 25.1 Å². The molecule has 0 aliphatic heterocycles. The second-order valence-corrected chi connectivity index (χ2v) is 3.72. The first-order valence-corrected chi connectivity index (χ1v) is 4.52. The molecule has 0 spiro atoms. The van der Waals surface area contributed by atoms with Gasteiger partial charge in [-0.05, 0) is 34.1 Å². The standard InChI is InChI=1S/C9H10BrNO2.ClH/c1-11(2)6-3-4-8(10)7(5-6)9(12)13;/h3-5H,1-2H3,(H,12,13);1H. The molecule has 1 N–H and O–H groups in total. The monoisotopic (exact) mass is 279 g/mol. The lowest BCUT2D eigenvalue weighted by molar-refractivity contribution is 0.0696. The van der Waals surface area contributed by atoms with E-state index in [2.05, 4.69) is 15.9 Å².